The normalized spacial score (nSPS) is 12.4. The van der Waals surface area contributed by atoms with Crippen molar-refractivity contribution in [3.63, 3.8) is 0 Å². The largest absolute Gasteiger partial charge is 0.494 e. The van der Waals surface area contributed by atoms with Gasteiger partial charge in [-0.25, -0.2) is 9.79 Å². The summed E-state index contributed by atoms with van der Waals surface area (Å²) >= 11 is 0. The number of amidine groups is 1. The van der Waals surface area contributed by atoms with Crippen LogP contribution in [0.5, 0.6) is 5.75 Å². The molecule has 0 aliphatic rings. The number of nitrogens with zero attached hydrogens (tertiary/aromatic N) is 1. The van der Waals surface area contributed by atoms with Gasteiger partial charge >= 0.3 is 5.97 Å². The highest BCUT2D eigenvalue weighted by Gasteiger charge is 2.18. The fourth-order valence-electron chi connectivity index (χ4n) is 3.06. The van der Waals surface area contributed by atoms with Crippen LogP contribution >= 0.6 is 0 Å². The second-order valence-corrected chi connectivity index (χ2v) is 6.38. The van der Waals surface area contributed by atoms with Crippen molar-refractivity contribution in [1.29, 1.82) is 0 Å². The van der Waals surface area contributed by atoms with E-state index in [4.69, 9.17) is 10.5 Å². The van der Waals surface area contributed by atoms with E-state index in [1.54, 1.807) is 6.07 Å². The molecular formula is C23H22N2O3. The lowest BCUT2D eigenvalue weighted by Gasteiger charge is -2.18. The molecule has 3 rings (SSSR count). The van der Waals surface area contributed by atoms with Gasteiger partial charge in [0.15, 0.2) is 0 Å². The van der Waals surface area contributed by atoms with Crippen molar-refractivity contribution in [1.82, 2.24) is 0 Å². The smallest absolute Gasteiger partial charge is 0.335 e. The average molecular weight is 374 g/mol. The molecule has 0 saturated carbocycles. The maximum Gasteiger partial charge on any atom is 0.335 e. The van der Waals surface area contributed by atoms with Crippen molar-refractivity contribution in [3.8, 4) is 5.75 Å². The molecule has 0 heterocycles. The molecule has 1 unspecified atom stereocenters. The van der Waals surface area contributed by atoms with Crippen LogP contribution in [-0.4, -0.2) is 24.0 Å². The summed E-state index contributed by atoms with van der Waals surface area (Å²) in [6.07, 6.45) is 0.682. The van der Waals surface area contributed by atoms with Crippen molar-refractivity contribution in [2.24, 2.45) is 10.7 Å². The molecule has 0 spiro atoms. The van der Waals surface area contributed by atoms with Crippen LogP contribution in [0.1, 0.15) is 27.4 Å². The van der Waals surface area contributed by atoms with Gasteiger partial charge in [0, 0.05) is 5.92 Å². The maximum atomic E-state index is 11.3. The summed E-state index contributed by atoms with van der Waals surface area (Å²) < 4.78 is 5.33. The molecule has 5 heteroatoms. The Hall–Kier alpha value is -3.60. The molecule has 0 aliphatic carbocycles. The molecule has 5 nitrogen and oxygen atoms in total. The summed E-state index contributed by atoms with van der Waals surface area (Å²) in [5, 5.41) is 9.27. The number of rotatable bonds is 7. The molecule has 3 aromatic rings. The van der Waals surface area contributed by atoms with Gasteiger partial charge in [-0.3, -0.25) is 0 Å². The number of hydrogen-bond donors (Lipinski definition) is 2. The van der Waals surface area contributed by atoms with E-state index in [2.05, 4.69) is 17.1 Å². The van der Waals surface area contributed by atoms with E-state index in [1.807, 2.05) is 48.5 Å². The highest BCUT2D eigenvalue weighted by Crippen LogP contribution is 2.30. The van der Waals surface area contributed by atoms with Gasteiger partial charge in [0.05, 0.1) is 12.7 Å². The number of aliphatic imine (C=N–C) groups is 1. The molecule has 0 saturated heterocycles. The van der Waals surface area contributed by atoms with Gasteiger partial charge in [-0.15, -0.1) is 0 Å². The van der Waals surface area contributed by atoms with Crippen molar-refractivity contribution in [2.75, 3.05) is 7.11 Å². The second-order valence-electron chi connectivity index (χ2n) is 6.38. The van der Waals surface area contributed by atoms with Crippen LogP contribution in [0.15, 0.2) is 83.9 Å². The first-order chi connectivity index (χ1) is 13.6. The number of carboxylic acids is 1. The van der Waals surface area contributed by atoms with E-state index in [0.29, 0.717) is 23.7 Å². The molecule has 3 N–H and O–H groups in total. The van der Waals surface area contributed by atoms with E-state index < -0.39 is 5.97 Å². The summed E-state index contributed by atoms with van der Waals surface area (Å²) in [4.78, 5) is 15.9. The number of carboxylic acid groups (broad SMARTS) is 1. The Kier molecular flexibility index (Phi) is 6.07. The number of benzene rings is 3. The molecule has 142 valence electrons. The molecule has 0 amide bonds. The standard InChI is InChI=1S/C23H22N2O3/c1-28-21-13-12-18(23(26)27)15-20(21)25-22(24)19(17-10-6-3-7-11-17)14-16-8-4-2-5-9-16/h2-13,15,19H,14H2,1H3,(H2,24,25)(H,26,27). The van der Waals surface area contributed by atoms with Crippen molar-refractivity contribution in [3.05, 3.63) is 95.6 Å². The van der Waals surface area contributed by atoms with Crippen molar-refractivity contribution in [2.45, 2.75) is 12.3 Å². The third-order valence-corrected chi connectivity index (χ3v) is 4.52. The minimum absolute atomic E-state index is 0.131. The van der Waals surface area contributed by atoms with Gasteiger partial charge in [-0.1, -0.05) is 60.7 Å². The number of carbonyl (C=O) groups is 1. The highest BCUT2D eigenvalue weighted by atomic mass is 16.5. The van der Waals surface area contributed by atoms with Gasteiger partial charge in [0.1, 0.15) is 17.3 Å². The Bertz CT molecular complexity index is 970. The molecule has 0 aliphatic heterocycles. The molecular weight excluding hydrogens is 352 g/mol. The third-order valence-electron chi connectivity index (χ3n) is 4.52. The number of nitrogens with two attached hydrogens (primary N) is 1. The predicted octanol–water partition coefficient (Wildman–Crippen LogP) is 4.41. The van der Waals surface area contributed by atoms with Gasteiger partial charge < -0.3 is 15.6 Å². The number of hydrogen-bond acceptors (Lipinski definition) is 3. The highest BCUT2D eigenvalue weighted by molar-refractivity contribution is 5.93. The Labute approximate surface area is 164 Å². The number of aromatic carboxylic acids is 1. The van der Waals surface area contributed by atoms with Crippen LogP contribution in [0.25, 0.3) is 0 Å². The minimum Gasteiger partial charge on any atom is -0.494 e. The van der Waals surface area contributed by atoms with E-state index in [1.165, 1.54) is 19.2 Å². The summed E-state index contributed by atoms with van der Waals surface area (Å²) in [5.74, 6) is -0.307. The quantitative estimate of drug-likeness (QED) is 0.474. The zero-order chi connectivity index (χ0) is 19.9. The van der Waals surface area contributed by atoms with Crippen LogP contribution in [0.3, 0.4) is 0 Å². The third kappa shape index (κ3) is 4.57. The van der Waals surface area contributed by atoms with Crippen LogP contribution < -0.4 is 10.5 Å². The van der Waals surface area contributed by atoms with E-state index in [9.17, 15) is 9.90 Å². The Balaban J connectivity index is 2.02. The average Bonchev–Trinajstić information content (AvgIpc) is 2.73. The first-order valence-electron chi connectivity index (χ1n) is 8.92. The molecule has 28 heavy (non-hydrogen) atoms. The van der Waals surface area contributed by atoms with Crippen LogP contribution in [0.4, 0.5) is 5.69 Å². The van der Waals surface area contributed by atoms with E-state index in [-0.39, 0.29) is 11.5 Å². The SMILES string of the molecule is COc1ccc(C(=O)O)cc1N=C(N)C(Cc1ccccc1)c1ccccc1. The lowest BCUT2D eigenvalue weighted by molar-refractivity contribution is 0.0697. The first kappa shape index (κ1) is 19.2. The Morgan fingerprint density at radius 2 is 1.68 bits per heavy atom. The second kappa shape index (κ2) is 8.86. The number of methoxy groups -OCH3 is 1. The van der Waals surface area contributed by atoms with Crippen LogP contribution in [0, 0.1) is 0 Å². The van der Waals surface area contributed by atoms with Crippen LogP contribution in [-0.2, 0) is 6.42 Å². The maximum absolute atomic E-state index is 11.3. The first-order valence-corrected chi connectivity index (χ1v) is 8.92. The zero-order valence-electron chi connectivity index (χ0n) is 15.6. The predicted molar refractivity (Wildman–Crippen MR) is 111 cm³/mol. The molecule has 1 atom stereocenters. The van der Waals surface area contributed by atoms with Gasteiger partial charge in [0.2, 0.25) is 0 Å². The lowest BCUT2D eigenvalue weighted by atomic mass is 9.91. The summed E-state index contributed by atoms with van der Waals surface area (Å²) in [7, 11) is 1.52. The fraction of sp³-hybridized carbons (Fsp3) is 0.130. The molecule has 0 bridgehead atoms. The fourth-order valence-corrected chi connectivity index (χ4v) is 3.06. The molecule has 3 aromatic carbocycles. The molecule has 0 aromatic heterocycles. The van der Waals surface area contributed by atoms with E-state index >= 15 is 0 Å². The minimum atomic E-state index is -1.03. The van der Waals surface area contributed by atoms with E-state index in [0.717, 1.165) is 11.1 Å². The van der Waals surface area contributed by atoms with Crippen molar-refractivity contribution >= 4 is 17.5 Å². The molecule has 0 radical (unpaired) electrons. The lowest BCUT2D eigenvalue weighted by Crippen LogP contribution is -2.23. The summed E-state index contributed by atoms with van der Waals surface area (Å²) in [5.41, 5.74) is 9.14. The van der Waals surface area contributed by atoms with Gasteiger partial charge in [-0.05, 0) is 35.7 Å². The summed E-state index contributed by atoms with van der Waals surface area (Å²) in [6.45, 7) is 0. The zero-order valence-corrected chi connectivity index (χ0v) is 15.6. The Morgan fingerprint density at radius 1 is 1.04 bits per heavy atom. The van der Waals surface area contributed by atoms with Crippen LogP contribution in [0.2, 0.25) is 0 Å². The van der Waals surface area contributed by atoms with Gasteiger partial charge in [0.25, 0.3) is 0 Å². The summed E-state index contributed by atoms with van der Waals surface area (Å²) in [6, 6.07) is 24.5. The molecule has 0 fully saturated rings. The van der Waals surface area contributed by atoms with Gasteiger partial charge in [-0.2, -0.15) is 0 Å². The van der Waals surface area contributed by atoms with Crippen molar-refractivity contribution < 1.29 is 14.6 Å². The monoisotopic (exact) mass is 374 g/mol. The number of ether oxygens (including phenoxy) is 1. The topological polar surface area (TPSA) is 84.9 Å². The Morgan fingerprint density at radius 3 is 2.29 bits per heavy atom.